The van der Waals surface area contributed by atoms with Gasteiger partial charge in [-0.25, -0.2) is 14.5 Å². The van der Waals surface area contributed by atoms with Crippen LogP contribution in [-0.4, -0.2) is 35.6 Å². The molecule has 1 N–H and O–H groups in total. The van der Waals surface area contributed by atoms with Crippen molar-refractivity contribution in [1.82, 2.24) is 24.5 Å². The lowest BCUT2D eigenvalue weighted by Gasteiger charge is -2.27. The average molecular weight is 289 g/mol. The van der Waals surface area contributed by atoms with Gasteiger partial charge in [0.25, 0.3) is 0 Å². The largest absolute Gasteiger partial charge is 0.476 e. The minimum Gasteiger partial charge on any atom is -0.476 e. The van der Waals surface area contributed by atoms with Crippen LogP contribution in [0.1, 0.15) is 49.1 Å². The molecular formula is C14H19N5O2. The lowest BCUT2D eigenvalue weighted by atomic mass is 9.87. The van der Waals surface area contributed by atoms with Crippen LogP contribution < -0.4 is 0 Å². The Bertz CT molecular complexity index is 652. The number of carboxylic acids is 1. The molecule has 2 heterocycles. The number of nitrogens with zero attached hydrogens (tertiary/aromatic N) is 5. The van der Waals surface area contributed by atoms with E-state index in [-0.39, 0.29) is 11.7 Å². The van der Waals surface area contributed by atoms with Gasteiger partial charge in [-0.1, -0.05) is 12.1 Å². The molecule has 0 bridgehead atoms. The predicted molar refractivity (Wildman–Crippen MR) is 75.9 cm³/mol. The van der Waals surface area contributed by atoms with Crippen molar-refractivity contribution in [1.29, 1.82) is 0 Å². The van der Waals surface area contributed by atoms with Gasteiger partial charge in [0.05, 0.1) is 24.3 Å². The van der Waals surface area contributed by atoms with E-state index in [0.29, 0.717) is 5.69 Å². The second-order valence-corrected chi connectivity index (χ2v) is 5.84. The van der Waals surface area contributed by atoms with Gasteiger partial charge in [-0.2, -0.15) is 0 Å². The molecule has 1 fully saturated rings. The third kappa shape index (κ3) is 2.43. The summed E-state index contributed by atoms with van der Waals surface area (Å²) in [6, 6.07) is 0.215. The van der Waals surface area contributed by atoms with Gasteiger partial charge >= 0.3 is 5.97 Å². The first-order valence-corrected chi connectivity index (χ1v) is 7.23. The zero-order valence-corrected chi connectivity index (χ0v) is 12.2. The number of aromatic carboxylic acids is 1. The van der Waals surface area contributed by atoms with Crippen LogP contribution in [0.15, 0.2) is 12.5 Å². The van der Waals surface area contributed by atoms with Crippen LogP contribution in [-0.2, 0) is 7.05 Å². The number of hydrogen-bond donors (Lipinski definition) is 1. The normalized spacial score (nSPS) is 22.4. The summed E-state index contributed by atoms with van der Waals surface area (Å²) in [6.07, 6.45) is 7.60. The molecule has 1 aliphatic rings. The minimum absolute atomic E-state index is 0.00257. The Morgan fingerprint density at radius 3 is 2.62 bits per heavy atom. The molecule has 7 nitrogen and oxygen atoms in total. The molecule has 0 aromatic carbocycles. The van der Waals surface area contributed by atoms with Crippen molar-refractivity contribution in [2.75, 3.05) is 0 Å². The molecule has 112 valence electrons. The van der Waals surface area contributed by atoms with Crippen LogP contribution in [0.2, 0.25) is 0 Å². The fourth-order valence-electron chi connectivity index (χ4n) is 3.00. The predicted octanol–water partition coefficient (Wildman–Crippen LogP) is 2.13. The van der Waals surface area contributed by atoms with Crippen molar-refractivity contribution < 1.29 is 9.90 Å². The molecule has 1 aliphatic carbocycles. The summed E-state index contributed by atoms with van der Waals surface area (Å²) in [6.45, 7) is 2.25. The molecule has 7 heteroatoms. The van der Waals surface area contributed by atoms with Crippen LogP contribution in [0.5, 0.6) is 0 Å². The SMILES string of the molecule is CC1CCC(n2nnc(C(=O)O)c2-c2cncn2C)CC1. The first-order valence-electron chi connectivity index (χ1n) is 7.23. The van der Waals surface area contributed by atoms with Gasteiger partial charge in [0.1, 0.15) is 5.69 Å². The van der Waals surface area contributed by atoms with Gasteiger partial charge in [-0.3, -0.25) is 0 Å². The molecule has 0 atom stereocenters. The summed E-state index contributed by atoms with van der Waals surface area (Å²) >= 11 is 0. The Labute approximate surface area is 122 Å². The smallest absolute Gasteiger partial charge is 0.358 e. The molecule has 2 aromatic rings. The molecule has 0 spiro atoms. The molecule has 0 aliphatic heterocycles. The number of imidazole rings is 1. The Kier molecular flexibility index (Phi) is 3.48. The third-order valence-corrected chi connectivity index (χ3v) is 4.29. The molecule has 0 radical (unpaired) electrons. The highest BCUT2D eigenvalue weighted by molar-refractivity contribution is 5.92. The standard InChI is InChI=1S/C14H19N5O2/c1-9-3-5-10(6-4-9)19-13(11-7-15-8-18(11)2)12(14(20)21)16-17-19/h7-10H,3-6H2,1-2H3,(H,20,21). The van der Waals surface area contributed by atoms with Gasteiger partial charge in [0.15, 0.2) is 5.69 Å². The molecule has 1 saturated carbocycles. The molecule has 21 heavy (non-hydrogen) atoms. The number of aromatic nitrogens is 5. The van der Waals surface area contributed by atoms with Gasteiger partial charge in [0.2, 0.25) is 0 Å². The lowest BCUT2D eigenvalue weighted by Crippen LogP contribution is -2.19. The first-order chi connectivity index (χ1) is 10.1. The van der Waals surface area contributed by atoms with Gasteiger partial charge < -0.3 is 9.67 Å². The highest BCUT2D eigenvalue weighted by atomic mass is 16.4. The van der Waals surface area contributed by atoms with E-state index in [2.05, 4.69) is 22.2 Å². The summed E-state index contributed by atoms with van der Waals surface area (Å²) in [5.41, 5.74) is 1.29. The highest BCUT2D eigenvalue weighted by Crippen LogP contribution is 2.35. The number of hydrogen-bond acceptors (Lipinski definition) is 4. The van der Waals surface area contributed by atoms with Crippen LogP contribution in [0.4, 0.5) is 0 Å². The van der Waals surface area contributed by atoms with E-state index in [9.17, 15) is 9.90 Å². The Hall–Kier alpha value is -2.18. The van der Waals surface area contributed by atoms with Crippen molar-refractivity contribution in [2.45, 2.75) is 38.6 Å². The molecular weight excluding hydrogens is 270 g/mol. The maximum Gasteiger partial charge on any atom is 0.358 e. The molecule has 0 unspecified atom stereocenters. The monoisotopic (exact) mass is 289 g/mol. The fourth-order valence-corrected chi connectivity index (χ4v) is 3.00. The van der Waals surface area contributed by atoms with Crippen LogP contribution >= 0.6 is 0 Å². The molecule has 0 amide bonds. The zero-order valence-electron chi connectivity index (χ0n) is 12.2. The van der Waals surface area contributed by atoms with E-state index in [1.807, 2.05) is 7.05 Å². The number of carbonyl (C=O) groups is 1. The molecule has 2 aromatic heterocycles. The van der Waals surface area contributed by atoms with Crippen molar-refractivity contribution in [3.63, 3.8) is 0 Å². The minimum atomic E-state index is -1.05. The number of aryl methyl sites for hydroxylation is 1. The molecule has 0 saturated heterocycles. The van der Waals surface area contributed by atoms with E-state index in [0.717, 1.165) is 37.3 Å². The van der Waals surface area contributed by atoms with Crippen molar-refractivity contribution >= 4 is 5.97 Å². The summed E-state index contributed by atoms with van der Waals surface area (Å²) in [5.74, 6) is -0.328. The fraction of sp³-hybridized carbons (Fsp3) is 0.571. The van der Waals surface area contributed by atoms with Gasteiger partial charge in [0, 0.05) is 7.05 Å². The van der Waals surface area contributed by atoms with Crippen molar-refractivity contribution in [3.8, 4) is 11.4 Å². The highest BCUT2D eigenvalue weighted by Gasteiger charge is 2.28. The van der Waals surface area contributed by atoms with E-state index in [4.69, 9.17) is 0 Å². The van der Waals surface area contributed by atoms with Crippen LogP contribution in [0.25, 0.3) is 11.4 Å². The summed E-state index contributed by atoms with van der Waals surface area (Å²) < 4.78 is 3.58. The van der Waals surface area contributed by atoms with E-state index in [1.165, 1.54) is 0 Å². The summed E-state index contributed by atoms with van der Waals surface area (Å²) in [5, 5.41) is 17.4. The summed E-state index contributed by atoms with van der Waals surface area (Å²) in [4.78, 5) is 15.5. The van der Waals surface area contributed by atoms with Gasteiger partial charge in [-0.05, 0) is 31.6 Å². The lowest BCUT2D eigenvalue weighted by molar-refractivity contribution is 0.0691. The van der Waals surface area contributed by atoms with Crippen molar-refractivity contribution in [3.05, 3.63) is 18.2 Å². The van der Waals surface area contributed by atoms with Gasteiger partial charge in [-0.15, -0.1) is 5.10 Å². The molecule has 3 rings (SSSR count). The Morgan fingerprint density at radius 1 is 1.33 bits per heavy atom. The van der Waals surface area contributed by atoms with Crippen LogP contribution in [0, 0.1) is 5.92 Å². The summed E-state index contributed by atoms with van der Waals surface area (Å²) in [7, 11) is 1.84. The maximum atomic E-state index is 11.4. The zero-order chi connectivity index (χ0) is 15.0. The second kappa shape index (κ2) is 5.31. The topological polar surface area (TPSA) is 85.8 Å². The number of rotatable bonds is 3. The van der Waals surface area contributed by atoms with E-state index < -0.39 is 5.97 Å². The first kappa shape index (κ1) is 13.8. The van der Waals surface area contributed by atoms with E-state index in [1.54, 1.807) is 21.8 Å². The quantitative estimate of drug-likeness (QED) is 0.935. The second-order valence-electron chi connectivity index (χ2n) is 5.84. The van der Waals surface area contributed by atoms with Crippen LogP contribution in [0.3, 0.4) is 0 Å². The number of carboxylic acid groups (broad SMARTS) is 1. The Balaban J connectivity index is 2.05. The Morgan fingerprint density at radius 2 is 2.05 bits per heavy atom. The van der Waals surface area contributed by atoms with Crippen molar-refractivity contribution in [2.24, 2.45) is 13.0 Å². The van der Waals surface area contributed by atoms with E-state index >= 15 is 0 Å². The average Bonchev–Trinajstić information content (AvgIpc) is 3.05. The third-order valence-electron chi connectivity index (χ3n) is 4.29. The maximum absolute atomic E-state index is 11.4.